The third-order valence-electron chi connectivity index (χ3n) is 4.38. The highest BCUT2D eigenvalue weighted by Crippen LogP contribution is 2.31. The molecule has 1 aromatic rings. The molecule has 1 aromatic carbocycles. The first kappa shape index (κ1) is 23.2. The second-order valence-electron chi connectivity index (χ2n) is 6.94. The third-order valence-corrected chi connectivity index (χ3v) is 4.38. The van der Waals surface area contributed by atoms with E-state index in [1.807, 2.05) is 13.8 Å². The molecule has 3 N–H and O–H groups in total. The number of nitrogens with zero attached hydrogens (tertiary/aromatic N) is 1. The first-order chi connectivity index (χ1) is 12.1. The summed E-state index contributed by atoms with van der Waals surface area (Å²) in [5, 5.41) is 2.54. The first-order valence-corrected chi connectivity index (χ1v) is 8.58. The van der Waals surface area contributed by atoms with Gasteiger partial charge in [-0.05, 0) is 36.5 Å². The summed E-state index contributed by atoms with van der Waals surface area (Å²) in [6.07, 6.45) is -2.68. The van der Waals surface area contributed by atoms with E-state index in [2.05, 4.69) is 5.32 Å². The molecule has 1 saturated carbocycles. The molecule has 27 heavy (non-hydrogen) atoms. The van der Waals surface area contributed by atoms with Crippen molar-refractivity contribution in [2.75, 3.05) is 6.54 Å². The van der Waals surface area contributed by atoms with E-state index in [0.29, 0.717) is 5.56 Å². The summed E-state index contributed by atoms with van der Waals surface area (Å²) >= 11 is 0. The highest BCUT2D eigenvalue weighted by Gasteiger charge is 2.33. The number of carbonyl (C=O) groups is 2. The topological polar surface area (TPSA) is 75.4 Å². The van der Waals surface area contributed by atoms with Crippen LogP contribution in [-0.4, -0.2) is 35.3 Å². The van der Waals surface area contributed by atoms with Crippen LogP contribution >= 0.6 is 12.4 Å². The van der Waals surface area contributed by atoms with Gasteiger partial charge in [0.25, 0.3) is 0 Å². The number of rotatable bonds is 7. The average Bonchev–Trinajstić information content (AvgIpc) is 3.40. The van der Waals surface area contributed by atoms with Crippen molar-refractivity contribution in [2.24, 2.45) is 11.7 Å². The average molecular weight is 408 g/mol. The van der Waals surface area contributed by atoms with E-state index in [4.69, 9.17) is 5.73 Å². The Bertz CT molecular complexity index is 646. The summed E-state index contributed by atoms with van der Waals surface area (Å²) in [6, 6.07) is 4.15. The van der Waals surface area contributed by atoms with E-state index < -0.39 is 23.7 Å². The third kappa shape index (κ3) is 6.70. The first-order valence-electron chi connectivity index (χ1n) is 8.58. The molecule has 0 saturated heterocycles. The van der Waals surface area contributed by atoms with Crippen LogP contribution in [0.1, 0.15) is 37.8 Å². The molecule has 0 radical (unpaired) electrons. The number of alkyl halides is 3. The fourth-order valence-corrected chi connectivity index (χ4v) is 2.49. The molecule has 0 aromatic heterocycles. The van der Waals surface area contributed by atoms with Crippen LogP contribution in [0.2, 0.25) is 0 Å². The largest absolute Gasteiger partial charge is 0.416 e. The lowest BCUT2D eigenvalue weighted by Gasteiger charge is -2.24. The Hall–Kier alpha value is -1.80. The lowest BCUT2D eigenvalue weighted by Crippen LogP contribution is -2.48. The molecule has 1 fully saturated rings. The maximum atomic E-state index is 12.6. The molecule has 0 unspecified atom stereocenters. The van der Waals surface area contributed by atoms with E-state index in [1.54, 1.807) is 4.90 Å². The predicted molar refractivity (Wildman–Crippen MR) is 98.1 cm³/mol. The molecule has 1 aliphatic carbocycles. The van der Waals surface area contributed by atoms with E-state index in [9.17, 15) is 22.8 Å². The zero-order chi connectivity index (χ0) is 19.5. The zero-order valence-corrected chi connectivity index (χ0v) is 16.1. The summed E-state index contributed by atoms with van der Waals surface area (Å²) in [4.78, 5) is 25.9. The second-order valence-corrected chi connectivity index (χ2v) is 6.94. The van der Waals surface area contributed by atoms with Gasteiger partial charge in [-0.3, -0.25) is 9.59 Å². The van der Waals surface area contributed by atoms with Crippen molar-refractivity contribution < 1.29 is 22.8 Å². The molecular weight excluding hydrogens is 383 g/mol. The molecule has 5 nitrogen and oxygen atoms in total. The minimum Gasteiger partial charge on any atom is -0.346 e. The van der Waals surface area contributed by atoms with Gasteiger partial charge in [0.1, 0.15) is 0 Å². The van der Waals surface area contributed by atoms with Gasteiger partial charge in [0.05, 0.1) is 18.2 Å². The fraction of sp³-hybridized carbons (Fsp3) is 0.556. The molecule has 1 aliphatic rings. The SMILES string of the molecule is CC(C)[C@H](N)C(=O)NCC(=O)N(Cc1ccc(C(F)(F)F)cc1)C1CC1.Cl. The molecular formula is C18H25ClF3N3O2. The Balaban J connectivity index is 0.00000364. The summed E-state index contributed by atoms with van der Waals surface area (Å²) in [7, 11) is 0. The lowest BCUT2D eigenvalue weighted by molar-refractivity contribution is -0.137. The normalized spacial score (nSPS) is 15.1. The number of hydrogen-bond acceptors (Lipinski definition) is 3. The van der Waals surface area contributed by atoms with Crippen LogP contribution in [0, 0.1) is 5.92 Å². The molecule has 0 aliphatic heterocycles. The van der Waals surface area contributed by atoms with Gasteiger partial charge in [0.2, 0.25) is 11.8 Å². The smallest absolute Gasteiger partial charge is 0.346 e. The monoisotopic (exact) mass is 407 g/mol. The van der Waals surface area contributed by atoms with Crippen molar-refractivity contribution in [3.8, 4) is 0 Å². The van der Waals surface area contributed by atoms with Crippen molar-refractivity contribution in [3.05, 3.63) is 35.4 Å². The Kier molecular flexibility index (Phi) is 8.10. The van der Waals surface area contributed by atoms with Crippen LogP contribution in [0.3, 0.4) is 0 Å². The molecule has 1 atom stereocenters. The Labute approximate surface area is 162 Å². The van der Waals surface area contributed by atoms with E-state index in [0.717, 1.165) is 25.0 Å². The van der Waals surface area contributed by atoms with Crippen LogP contribution < -0.4 is 11.1 Å². The van der Waals surface area contributed by atoms with Gasteiger partial charge in [0.15, 0.2) is 0 Å². The van der Waals surface area contributed by atoms with Gasteiger partial charge in [-0.2, -0.15) is 13.2 Å². The van der Waals surface area contributed by atoms with Gasteiger partial charge in [-0.25, -0.2) is 0 Å². The highest BCUT2D eigenvalue weighted by molar-refractivity contribution is 5.87. The maximum Gasteiger partial charge on any atom is 0.416 e. The van der Waals surface area contributed by atoms with E-state index >= 15 is 0 Å². The van der Waals surface area contributed by atoms with Crippen molar-refractivity contribution in [1.82, 2.24) is 10.2 Å². The molecule has 152 valence electrons. The molecule has 2 amide bonds. The molecule has 0 spiro atoms. The van der Waals surface area contributed by atoms with Crippen LogP contribution in [0.25, 0.3) is 0 Å². The number of benzene rings is 1. The number of amides is 2. The Morgan fingerprint density at radius 1 is 1.22 bits per heavy atom. The summed E-state index contributed by atoms with van der Waals surface area (Å²) in [5.74, 6) is -0.702. The fourth-order valence-electron chi connectivity index (χ4n) is 2.49. The van der Waals surface area contributed by atoms with Crippen molar-refractivity contribution in [2.45, 2.75) is 51.5 Å². The molecule has 0 heterocycles. The molecule has 9 heteroatoms. The van der Waals surface area contributed by atoms with Gasteiger partial charge < -0.3 is 16.0 Å². The van der Waals surface area contributed by atoms with Crippen LogP contribution in [0.4, 0.5) is 13.2 Å². The zero-order valence-electron chi connectivity index (χ0n) is 15.3. The van der Waals surface area contributed by atoms with Crippen LogP contribution in [0.15, 0.2) is 24.3 Å². The minimum absolute atomic E-state index is 0. The summed E-state index contributed by atoms with van der Waals surface area (Å²) in [5.41, 5.74) is 5.63. The van der Waals surface area contributed by atoms with Gasteiger partial charge in [-0.15, -0.1) is 12.4 Å². The highest BCUT2D eigenvalue weighted by atomic mass is 35.5. The summed E-state index contributed by atoms with van der Waals surface area (Å²) < 4.78 is 37.9. The quantitative estimate of drug-likeness (QED) is 0.729. The van der Waals surface area contributed by atoms with Gasteiger partial charge >= 0.3 is 6.18 Å². The summed E-state index contributed by atoms with van der Waals surface area (Å²) in [6.45, 7) is 3.67. The standard InChI is InChI=1S/C18H24F3N3O2.ClH/c1-11(2)16(22)17(26)23-9-15(25)24(14-7-8-14)10-12-3-5-13(6-4-12)18(19,20)21;/h3-6,11,14,16H,7-10,22H2,1-2H3,(H,23,26);1H/t16-;/m0./s1. The van der Waals surface area contributed by atoms with Crippen LogP contribution in [0.5, 0.6) is 0 Å². The van der Waals surface area contributed by atoms with Crippen molar-refractivity contribution in [3.63, 3.8) is 0 Å². The number of carbonyl (C=O) groups excluding carboxylic acids is 2. The van der Waals surface area contributed by atoms with Gasteiger partial charge in [0, 0.05) is 12.6 Å². The lowest BCUT2D eigenvalue weighted by atomic mass is 10.1. The van der Waals surface area contributed by atoms with Crippen molar-refractivity contribution in [1.29, 1.82) is 0 Å². The molecule has 2 rings (SSSR count). The number of hydrogen-bond donors (Lipinski definition) is 2. The van der Waals surface area contributed by atoms with E-state index in [-0.39, 0.29) is 43.4 Å². The van der Waals surface area contributed by atoms with Crippen molar-refractivity contribution >= 4 is 24.2 Å². The van der Waals surface area contributed by atoms with Crippen LogP contribution in [-0.2, 0) is 22.3 Å². The molecule has 0 bridgehead atoms. The Morgan fingerprint density at radius 2 is 1.78 bits per heavy atom. The number of nitrogens with two attached hydrogens (primary N) is 1. The maximum absolute atomic E-state index is 12.6. The predicted octanol–water partition coefficient (Wildman–Crippen LogP) is 2.72. The minimum atomic E-state index is -4.38. The Morgan fingerprint density at radius 3 is 2.22 bits per heavy atom. The van der Waals surface area contributed by atoms with E-state index in [1.165, 1.54) is 12.1 Å². The number of nitrogens with one attached hydrogen (secondary N) is 1. The second kappa shape index (κ2) is 9.41. The number of halogens is 4. The van der Waals surface area contributed by atoms with Gasteiger partial charge in [-0.1, -0.05) is 26.0 Å².